The van der Waals surface area contributed by atoms with Crippen LogP contribution in [0.5, 0.6) is 5.75 Å². The fourth-order valence-electron chi connectivity index (χ4n) is 2.90. The van der Waals surface area contributed by atoms with Crippen molar-refractivity contribution in [3.8, 4) is 5.75 Å². The number of para-hydroxylation sites is 1. The van der Waals surface area contributed by atoms with Gasteiger partial charge in [0.1, 0.15) is 11.6 Å². The summed E-state index contributed by atoms with van der Waals surface area (Å²) in [6, 6.07) is 14.8. The smallest absolute Gasteiger partial charge is 0.258 e. The SMILES string of the molecule is CCN(Cc1nc2ccccc2c(=O)[nH]1)C(=O)CCCOc1cccc(Br)c1. The molecule has 0 spiro atoms. The minimum atomic E-state index is -0.188. The van der Waals surface area contributed by atoms with Gasteiger partial charge in [0.15, 0.2) is 0 Å². The molecule has 2 aromatic carbocycles. The lowest BCUT2D eigenvalue weighted by Crippen LogP contribution is -2.32. The van der Waals surface area contributed by atoms with Gasteiger partial charge in [-0.3, -0.25) is 9.59 Å². The molecule has 0 aliphatic heterocycles. The fraction of sp³-hybridized carbons (Fsp3) is 0.286. The number of halogens is 1. The van der Waals surface area contributed by atoms with Crippen LogP contribution in [-0.2, 0) is 11.3 Å². The second-order valence-electron chi connectivity index (χ2n) is 6.35. The number of ether oxygens (including phenoxy) is 1. The van der Waals surface area contributed by atoms with Crippen molar-refractivity contribution < 1.29 is 9.53 Å². The second-order valence-corrected chi connectivity index (χ2v) is 7.26. The number of aromatic amines is 1. The van der Waals surface area contributed by atoms with Gasteiger partial charge < -0.3 is 14.6 Å². The van der Waals surface area contributed by atoms with Crippen LogP contribution >= 0.6 is 15.9 Å². The fourth-order valence-corrected chi connectivity index (χ4v) is 3.27. The van der Waals surface area contributed by atoms with Crippen LogP contribution in [0.4, 0.5) is 0 Å². The maximum Gasteiger partial charge on any atom is 0.258 e. The van der Waals surface area contributed by atoms with E-state index < -0.39 is 0 Å². The van der Waals surface area contributed by atoms with Crippen LogP contribution in [0.1, 0.15) is 25.6 Å². The lowest BCUT2D eigenvalue weighted by molar-refractivity contribution is -0.131. The van der Waals surface area contributed by atoms with Crippen LogP contribution in [0.25, 0.3) is 10.9 Å². The van der Waals surface area contributed by atoms with Gasteiger partial charge >= 0.3 is 0 Å². The van der Waals surface area contributed by atoms with Crippen molar-refractivity contribution in [1.82, 2.24) is 14.9 Å². The molecule has 0 aliphatic carbocycles. The molecule has 7 heteroatoms. The van der Waals surface area contributed by atoms with Gasteiger partial charge in [-0.2, -0.15) is 0 Å². The summed E-state index contributed by atoms with van der Waals surface area (Å²) < 4.78 is 6.63. The summed E-state index contributed by atoms with van der Waals surface area (Å²) in [5, 5.41) is 0.547. The Morgan fingerprint density at radius 2 is 2.04 bits per heavy atom. The third-order valence-corrected chi connectivity index (χ3v) is 4.83. The van der Waals surface area contributed by atoms with E-state index in [0.717, 1.165) is 10.2 Å². The predicted molar refractivity (Wildman–Crippen MR) is 112 cm³/mol. The van der Waals surface area contributed by atoms with Crippen LogP contribution in [0, 0.1) is 0 Å². The van der Waals surface area contributed by atoms with Crippen LogP contribution in [0.2, 0.25) is 0 Å². The molecule has 3 rings (SSSR count). The van der Waals surface area contributed by atoms with Gasteiger partial charge in [-0.25, -0.2) is 4.98 Å². The first-order chi connectivity index (χ1) is 13.6. The average molecular weight is 444 g/mol. The number of aromatic nitrogens is 2. The highest BCUT2D eigenvalue weighted by Crippen LogP contribution is 2.18. The van der Waals surface area contributed by atoms with Crippen molar-refractivity contribution in [1.29, 1.82) is 0 Å². The van der Waals surface area contributed by atoms with Crippen LogP contribution in [0.15, 0.2) is 57.8 Å². The molecule has 0 atom stereocenters. The maximum atomic E-state index is 12.5. The van der Waals surface area contributed by atoms with Crippen molar-refractivity contribution in [2.75, 3.05) is 13.2 Å². The number of nitrogens with one attached hydrogen (secondary N) is 1. The highest BCUT2D eigenvalue weighted by molar-refractivity contribution is 9.10. The van der Waals surface area contributed by atoms with E-state index in [9.17, 15) is 9.59 Å². The minimum Gasteiger partial charge on any atom is -0.494 e. The normalized spacial score (nSPS) is 10.8. The Labute approximate surface area is 171 Å². The summed E-state index contributed by atoms with van der Waals surface area (Å²) in [7, 11) is 0. The Morgan fingerprint density at radius 3 is 2.82 bits per heavy atom. The van der Waals surface area contributed by atoms with Crippen LogP contribution in [-0.4, -0.2) is 33.9 Å². The van der Waals surface area contributed by atoms with Crippen molar-refractivity contribution >= 4 is 32.7 Å². The summed E-state index contributed by atoms with van der Waals surface area (Å²) in [5.41, 5.74) is 0.443. The average Bonchev–Trinajstić information content (AvgIpc) is 2.69. The molecule has 1 aromatic heterocycles. The van der Waals surface area contributed by atoms with E-state index in [1.807, 2.05) is 37.3 Å². The third kappa shape index (κ3) is 5.19. The zero-order valence-electron chi connectivity index (χ0n) is 15.7. The Morgan fingerprint density at radius 1 is 1.21 bits per heavy atom. The van der Waals surface area contributed by atoms with E-state index in [4.69, 9.17) is 4.74 Å². The number of nitrogens with zero attached hydrogens (tertiary/aromatic N) is 2. The molecular formula is C21H22BrN3O3. The van der Waals surface area contributed by atoms with E-state index >= 15 is 0 Å². The van der Waals surface area contributed by atoms with Gasteiger partial charge in [0.2, 0.25) is 5.91 Å². The first-order valence-corrected chi connectivity index (χ1v) is 10.00. The first-order valence-electron chi connectivity index (χ1n) is 9.21. The molecule has 0 unspecified atom stereocenters. The quantitative estimate of drug-likeness (QED) is 0.535. The minimum absolute atomic E-state index is 0.0103. The molecule has 0 saturated carbocycles. The van der Waals surface area contributed by atoms with Crippen molar-refractivity contribution in [3.05, 3.63) is 69.2 Å². The van der Waals surface area contributed by atoms with E-state index in [1.54, 1.807) is 23.1 Å². The molecule has 1 amide bonds. The Balaban J connectivity index is 1.55. The molecular weight excluding hydrogens is 422 g/mol. The number of H-pyrrole nitrogens is 1. The predicted octanol–water partition coefficient (Wildman–Crippen LogP) is 3.89. The molecule has 3 aromatic rings. The molecule has 0 saturated heterocycles. The Hall–Kier alpha value is -2.67. The van der Waals surface area contributed by atoms with E-state index in [2.05, 4.69) is 25.9 Å². The Kier molecular flexibility index (Phi) is 6.81. The van der Waals surface area contributed by atoms with E-state index in [-0.39, 0.29) is 18.0 Å². The summed E-state index contributed by atoms with van der Waals surface area (Å²) in [4.78, 5) is 33.7. The van der Waals surface area contributed by atoms with Gasteiger partial charge in [-0.1, -0.05) is 34.1 Å². The summed E-state index contributed by atoms with van der Waals surface area (Å²) in [5.74, 6) is 1.27. The molecule has 28 heavy (non-hydrogen) atoms. The molecule has 0 bridgehead atoms. The maximum absolute atomic E-state index is 12.5. The summed E-state index contributed by atoms with van der Waals surface area (Å²) in [6.45, 7) is 3.20. The Bertz CT molecular complexity index is 1020. The number of hydrogen-bond acceptors (Lipinski definition) is 4. The van der Waals surface area contributed by atoms with Gasteiger partial charge in [0, 0.05) is 17.4 Å². The molecule has 1 N–H and O–H groups in total. The van der Waals surface area contributed by atoms with Crippen molar-refractivity contribution in [2.24, 2.45) is 0 Å². The molecule has 0 radical (unpaired) electrons. The largest absolute Gasteiger partial charge is 0.494 e. The number of rotatable bonds is 8. The molecule has 0 aliphatic rings. The third-order valence-electron chi connectivity index (χ3n) is 4.34. The molecule has 0 fully saturated rings. The second kappa shape index (κ2) is 9.50. The van der Waals surface area contributed by atoms with Gasteiger partial charge in [0.05, 0.1) is 24.1 Å². The molecule has 146 valence electrons. The zero-order chi connectivity index (χ0) is 19.9. The topological polar surface area (TPSA) is 75.3 Å². The number of carbonyl (C=O) groups excluding carboxylic acids is 1. The van der Waals surface area contributed by atoms with Gasteiger partial charge in [-0.05, 0) is 43.7 Å². The number of fused-ring (bicyclic) bond motifs is 1. The zero-order valence-corrected chi connectivity index (χ0v) is 17.2. The number of hydrogen-bond donors (Lipinski definition) is 1. The van der Waals surface area contributed by atoms with Gasteiger partial charge in [-0.15, -0.1) is 0 Å². The number of amides is 1. The standard InChI is InChI=1S/C21H22BrN3O3/c1-2-25(14-19-23-18-10-4-3-9-17(18)21(27)24-19)20(26)11-6-12-28-16-8-5-7-15(22)13-16/h3-5,7-10,13H,2,6,11-12,14H2,1H3,(H,23,24,27). The number of carbonyl (C=O) groups is 1. The van der Waals surface area contributed by atoms with Crippen molar-refractivity contribution in [2.45, 2.75) is 26.3 Å². The van der Waals surface area contributed by atoms with E-state index in [1.165, 1.54) is 0 Å². The molecule has 6 nitrogen and oxygen atoms in total. The lowest BCUT2D eigenvalue weighted by Gasteiger charge is -2.20. The highest BCUT2D eigenvalue weighted by Gasteiger charge is 2.14. The van der Waals surface area contributed by atoms with Crippen LogP contribution < -0.4 is 10.3 Å². The monoisotopic (exact) mass is 443 g/mol. The van der Waals surface area contributed by atoms with Gasteiger partial charge in [0.25, 0.3) is 5.56 Å². The first kappa shape index (κ1) is 20.1. The highest BCUT2D eigenvalue weighted by atomic mass is 79.9. The van der Waals surface area contributed by atoms with Crippen molar-refractivity contribution in [3.63, 3.8) is 0 Å². The lowest BCUT2D eigenvalue weighted by atomic mass is 10.2. The summed E-state index contributed by atoms with van der Waals surface area (Å²) in [6.07, 6.45) is 0.989. The molecule has 1 heterocycles. The summed E-state index contributed by atoms with van der Waals surface area (Å²) >= 11 is 3.40. The number of benzene rings is 2. The van der Waals surface area contributed by atoms with Crippen LogP contribution in [0.3, 0.4) is 0 Å². The van der Waals surface area contributed by atoms with E-state index in [0.29, 0.717) is 42.7 Å².